The van der Waals surface area contributed by atoms with Crippen molar-refractivity contribution in [3.8, 4) is 0 Å². The van der Waals surface area contributed by atoms with Crippen LogP contribution in [0.4, 0.5) is 5.82 Å². The summed E-state index contributed by atoms with van der Waals surface area (Å²) in [5.41, 5.74) is 2.29. The van der Waals surface area contributed by atoms with Crippen LogP contribution in [-0.4, -0.2) is 56.2 Å². The summed E-state index contributed by atoms with van der Waals surface area (Å²) in [4.78, 5) is 13.4. The first-order valence-electron chi connectivity index (χ1n) is 9.10. The predicted molar refractivity (Wildman–Crippen MR) is 126 cm³/mol. The van der Waals surface area contributed by atoms with Crippen molar-refractivity contribution < 1.29 is 4.74 Å². The van der Waals surface area contributed by atoms with E-state index in [9.17, 15) is 0 Å². The summed E-state index contributed by atoms with van der Waals surface area (Å²) in [6, 6.07) is 12.0. The number of guanidine groups is 1. The third-order valence-electron chi connectivity index (χ3n) is 4.50. The molecule has 0 radical (unpaired) electrons. The Morgan fingerprint density at radius 2 is 2.07 bits per heavy atom. The largest absolute Gasteiger partial charge is 0.378 e. The van der Waals surface area contributed by atoms with Crippen molar-refractivity contribution in [2.75, 3.05) is 45.3 Å². The van der Waals surface area contributed by atoms with Crippen LogP contribution in [0.15, 0.2) is 47.6 Å². The maximum atomic E-state index is 6.09. The molecule has 1 aliphatic rings. The fourth-order valence-corrected chi connectivity index (χ4v) is 3.38. The van der Waals surface area contributed by atoms with E-state index in [1.165, 1.54) is 0 Å². The Balaban J connectivity index is 0.00000280. The molecule has 152 valence electrons. The van der Waals surface area contributed by atoms with Crippen molar-refractivity contribution >= 4 is 47.4 Å². The highest BCUT2D eigenvalue weighted by Crippen LogP contribution is 2.18. The van der Waals surface area contributed by atoms with Crippen LogP contribution < -0.4 is 10.2 Å². The van der Waals surface area contributed by atoms with Gasteiger partial charge < -0.3 is 19.9 Å². The number of hydrogen-bond acceptors (Lipinski definition) is 4. The zero-order chi connectivity index (χ0) is 19.1. The number of rotatable bonds is 5. The lowest BCUT2D eigenvalue weighted by Gasteiger charge is -2.30. The second kappa shape index (κ2) is 11.4. The molecule has 1 aromatic heterocycles. The number of morpholine rings is 1. The minimum absolute atomic E-state index is 0. The van der Waals surface area contributed by atoms with Crippen LogP contribution in [0.1, 0.15) is 11.1 Å². The third kappa shape index (κ3) is 6.22. The normalized spacial score (nSPS) is 14.4. The maximum Gasteiger partial charge on any atom is 0.193 e. The molecule has 1 fully saturated rings. The standard InChI is InChI=1S/C20H26ClN5O.HI/c1-22-20(25(2)15-16-5-3-7-18(21)13-16)24-14-17-6-4-8-23-19(17)26-9-11-27-12-10-26;/h3-8,13H,9-12,14-15H2,1-2H3,(H,22,24);1H. The molecule has 1 aromatic carbocycles. The molecular weight excluding hydrogens is 489 g/mol. The van der Waals surface area contributed by atoms with E-state index in [0.717, 1.165) is 60.8 Å². The summed E-state index contributed by atoms with van der Waals surface area (Å²) in [5, 5.41) is 4.19. The Labute approximate surface area is 189 Å². The lowest BCUT2D eigenvalue weighted by molar-refractivity contribution is 0.122. The highest BCUT2D eigenvalue weighted by molar-refractivity contribution is 14.0. The lowest BCUT2D eigenvalue weighted by Crippen LogP contribution is -2.40. The summed E-state index contributed by atoms with van der Waals surface area (Å²) in [7, 11) is 3.81. The summed E-state index contributed by atoms with van der Waals surface area (Å²) in [5.74, 6) is 1.84. The Morgan fingerprint density at radius 1 is 1.29 bits per heavy atom. The van der Waals surface area contributed by atoms with Gasteiger partial charge in [-0.15, -0.1) is 24.0 Å². The molecule has 0 unspecified atom stereocenters. The first-order chi connectivity index (χ1) is 13.2. The second-order valence-electron chi connectivity index (χ2n) is 6.47. The van der Waals surface area contributed by atoms with Gasteiger partial charge in [0, 0.05) is 57.1 Å². The third-order valence-corrected chi connectivity index (χ3v) is 4.73. The van der Waals surface area contributed by atoms with E-state index in [1.807, 2.05) is 37.5 Å². The molecule has 1 aliphatic heterocycles. The molecule has 0 amide bonds. The molecule has 0 aliphatic carbocycles. The monoisotopic (exact) mass is 515 g/mol. The summed E-state index contributed by atoms with van der Waals surface area (Å²) in [6.45, 7) is 4.61. The topological polar surface area (TPSA) is 53.0 Å². The maximum absolute atomic E-state index is 6.09. The Morgan fingerprint density at radius 3 is 2.79 bits per heavy atom. The van der Waals surface area contributed by atoms with E-state index in [2.05, 4.69) is 37.2 Å². The number of pyridine rings is 1. The number of anilines is 1. The molecule has 0 bridgehead atoms. The second-order valence-corrected chi connectivity index (χ2v) is 6.91. The smallest absolute Gasteiger partial charge is 0.193 e. The van der Waals surface area contributed by atoms with Crippen LogP contribution >= 0.6 is 35.6 Å². The van der Waals surface area contributed by atoms with E-state index >= 15 is 0 Å². The van der Waals surface area contributed by atoms with E-state index in [1.54, 1.807) is 7.05 Å². The van der Waals surface area contributed by atoms with Crippen LogP contribution in [0.3, 0.4) is 0 Å². The average Bonchev–Trinajstić information content (AvgIpc) is 2.69. The van der Waals surface area contributed by atoms with Gasteiger partial charge in [0.15, 0.2) is 5.96 Å². The van der Waals surface area contributed by atoms with Gasteiger partial charge in [0.05, 0.1) is 13.2 Å². The van der Waals surface area contributed by atoms with Gasteiger partial charge in [0.2, 0.25) is 0 Å². The van der Waals surface area contributed by atoms with Crippen LogP contribution in [-0.2, 0) is 17.8 Å². The molecule has 0 spiro atoms. The van der Waals surface area contributed by atoms with Crippen molar-refractivity contribution in [3.05, 3.63) is 58.7 Å². The predicted octanol–water partition coefficient (Wildman–Crippen LogP) is 3.40. The molecule has 0 atom stereocenters. The summed E-state index contributed by atoms with van der Waals surface area (Å²) < 4.78 is 5.45. The molecule has 1 saturated heterocycles. The molecule has 2 heterocycles. The minimum atomic E-state index is 0. The van der Waals surface area contributed by atoms with Gasteiger partial charge in [-0.2, -0.15) is 0 Å². The first kappa shape index (κ1) is 22.7. The number of nitrogens with one attached hydrogen (secondary N) is 1. The molecule has 1 N–H and O–H groups in total. The zero-order valence-electron chi connectivity index (χ0n) is 16.3. The quantitative estimate of drug-likeness (QED) is 0.376. The first-order valence-corrected chi connectivity index (χ1v) is 9.48. The summed E-state index contributed by atoms with van der Waals surface area (Å²) in [6.07, 6.45) is 1.84. The van der Waals surface area contributed by atoms with Gasteiger partial charge in [-0.05, 0) is 23.8 Å². The van der Waals surface area contributed by atoms with E-state index < -0.39 is 0 Å². The van der Waals surface area contributed by atoms with Gasteiger partial charge in [0.25, 0.3) is 0 Å². The van der Waals surface area contributed by atoms with E-state index in [0.29, 0.717) is 6.54 Å². The Kier molecular flexibility index (Phi) is 9.27. The molecular formula is C20H27ClIN5O. The van der Waals surface area contributed by atoms with Crippen LogP contribution in [0, 0.1) is 0 Å². The van der Waals surface area contributed by atoms with Gasteiger partial charge in [-0.25, -0.2) is 4.98 Å². The van der Waals surface area contributed by atoms with Crippen molar-refractivity contribution in [3.63, 3.8) is 0 Å². The van der Waals surface area contributed by atoms with Crippen molar-refractivity contribution in [2.24, 2.45) is 4.99 Å². The van der Waals surface area contributed by atoms with Gasteiger partial charge in [-0.1, -0.05) is 29.8 Å². The van der Waals surface area contributed by atoms with Gasteiger partial charge in [0.1, 0.15) is 5.82 Å². The number of nitrogens with zero attached hydrogens (tertiary/aromatic N) is 4. The Hall–Kier alpha value is -1.58. The number of halogens is 2. The molecule has 2 aromatic rings. The molecule has 3 rings (SSSR count). The van der Waals surface area contributed by atoms with Crippen molar-refractivity contribution in [2.45, 2.75) is 13.1 Å². The van der Waals surface area contributed by atoms with Crippen molar-refractivity contribution in [1.82, 2.24) is 15.2 Å². The van der Waals surface area contributed by atoms with E-state index in [4.69, 9.17) is 16.3 Å². The lowest BCUT2D eigenvalue weighted by atomic mass is 10.2. The highest BCUT2D eigenvalue weighted by atomic mass is 127. The van der Waals surface area contributed by atoms with Gasteiger partial charge >= 0.3 is 0 Å². The number of aliphatic imine (C=N–C) groups is 1. The highest BCUT2D eigenvalue weighted by Gasteiger charge is 2.16. The van der Waals surface area contributed by atoms with Crippen LogP contribution in [0.2, 0.25) is 5.02 Å². The van der Waals surface area contributed by atoms with Gasteiger partial charge in [-0.3, -0.25) is 4.99 Å². The summed E-state index contributed by atoms with van der Waals surface area (Å²) >= 11 is 6.09. The number of aromatic nitrogens is 1. The van der Waals surface area contributed by atoms with Crippen LogP contribution in [0.5, 0.6) is 0 Å². The van der Waals surface area contributed by atoms with E-state index in [-0.39, 0.29) is 24.0 Å². The number of hydrogen-bond donors (Lipinski definition) is 1. The molecule has 0 saturated carbocycles. The average molecular weight is 516 g/mol. The van der Waals surface area contributed by atoms with Crippen LogP contribution in [0.25, 0.3) is 0 Å². The fourth-order valence-electron chi connectivity index (χ4n) is 3.17. The minimum Gasteiger partial charge on any atom is -0.378 e. The SMILES string of the molecule is CN=C(NCc1cccnc1N1CCOCC1)N(C)Cc1cccc(Cl)c1.I. The zero-order valence-corrected chi connectivity index (χ0v) is 19.4. The fraction of sp³-hybridized carbons (Fsp3) is 0.400. The Bertz CT molecular complexity index is 783. The molecule has 6 nitrogen and oxygen atoms in total. The van der Waals surface area contributed by atoms with Crippen molar-refractivity contribution in [1.29, 1.82) is 0 Å². The molecule has 8 heteroatoms. The number of ether oxygens (including phenoxy) is 1. The number of benzene rings is 1. The molecule has 28 heavy (non-hydrogen) atoms.